The van der Waals surface area contributed by atoms with Gasteiger partial charge in [-0.25, -0.2) is 19.7 Å². The molecule has 0 fully saturated rings. The van der Waals surface area contributed by atoms with Gasteiger partial charge in [-0.1, -0.05) is 187 Å². The number of aromatic nitrogens is 3. The summed E-state index contributed by atoms with van der Waals surface area (Å²) in [5.41, 5.74) is 3.38. The second-order valence-corrected chi connectivity index (χ2v) is 19.0. The number of aliphatic hydroxyl groups is 1. The predicted molar refractivity (Wildman–Crippen MR) is 277 cm³/mol. The second-order valence-electron chi connectivity index (χ2n) is 19.0. The number of ether oxygens (including phenoxy) is 2. The van der Waals surface area contributed by atoms with Gasteiger partial charge in [-0.05, 0) is 80.1 Å². The van der Waals surface area contributed by atoms with E-state index in [0.29, 0.717) is 11.1 Å². The summed E-state index contributed by atoms with van der Waals surface area (Å²) in [7, 11) is 0. The second kappa shape index (κ2) is 32.7. The lowest BCUT2D eigenvalue weighted by molar-refractivity contribution is -0.142. The number of carbonyl (C=O) groups excluding carboxylic acids is 1. The Balaban J connectivity index is 1.40. The summed E-state index contributed by atoms with van der Waals surface area (Å²) in [6.07, 6.45) is 34.3. The van der Waals surface area contributed by atoms with Gasteiger partial charge in [0.05, 0.1) is 16.7 Å². The van der Waals surface area contributed by atoms with Crippen molar-refractivity contribution < 1.29 is 34.7 Å². The van der Waals surface area contributed by atoms with E-state index < -0.39 is 12.1 Å². The monoisotopic (exact) mass is 936 g/mol. The fourth-order valence-electron chi connectivity index (χ4n) is 8.60. The van der Waals surface area contributed by atoms with Gasteiger partial charge in [0.2, 0.25) is 0 Å². The Morgan fingerprint density at radius 3 is 1.18 bits per heavy atom. The number of nitrogens with zero attached hydrogens (tertiary/aromatic N) is 3. The van der Waals surface area contributed by atoms with Crippen molar-refractivity contribution in [3.8, 4) is 57.2 Å². The topological polar surface area (TPSA) is 155 Å². The fraction of sp³-hybridized carbons (Fsp3) is 0.586. The van der Waals surface area contributed by atoms with Crippen LogP contribution in [0.3, 0.4) is 0 Å². The fourth-order valence-corrected chi connectivity index (χ4v) is 8.60. The van der Waals surface area contributed by atoms with Gasteiger partial charge in [0.25, 0.3) is 0 Å². The number of hydrogen-bond donors (Lipinski definition) is 4. The number of esters is 1. The minimum atomic E-state index is -1.10. The van der Waals surface area contributed by atoms with Crippen LogP contribution in [-0.2, 0) is 22.4 Å². The van der Waals surface area contributed by atoms with Crippen LogP contribution in [0.4, 0.5) is 0 Å². The average molecular weight is 936 g/mol. The highest BCUT2D eigenvalue weighted by atomic mass is 16.5. The zero-order chi connectivity index (χ0) is 48.8. The van der Waals surface area contributed by atoms with Crippen LogP contribution in [-0.4, -0.2) is 60.7 Å². The number of aliphatic hydroxyl groups excluding tert-OH is 1. The molecule has 0 radical (unpaired) electrons. The number of rotatable bonds is 37. The molecule has 1 atom stereocenters. The first-order chi connectivity index (χ1) is 33.1. The van der Waals surface area contributed by atoms with Crippen LogP contribution in [0, 0.1) is 0 Å². The van der Waals surface area contributed by atoms with E-state index in [1.807, 2.05) is 24.3 Å². The highest BCUT2D eigenvalue weighted by Crippen LogP contribution is 2.37. The summed E-state index contributed by atoms with van der Waals surface area (Å²) in [6.45, 7) is 9.13. The Labute approximate surface area is 409 Å². The normalized spacial score (nSPS) is 11.8. The molecule has 1 heterocycles. The maximum Gasteiger partial charge on any atom is 0.333 e. The molecule has 1 unspecified atom stereocenters. The van der Waals surface area contributed by atoms with Gasteiger partial charge in [-0.15, -0.1) is 0 Å². The quantitative estimate of drug-likeness (QED) is 0.0195. The molecule has 0 saturated carbocycles. The van der Waals surface area contributed by atoms with E-state index in [9.17, 15) is 25.2 Å². The zero-order valence-electron chi connectivity index (χ0n) is 42.0. The summed E-state index contributed by atoms with van der Waals surface area (Å²) in [6, 6.07) is 15.8. The maximum atomic E-state index is 11.7. The van der Waals surface area contributed by atoms with E-state index in [1.54, 1.807) is 24.3 Å². The van der Waals surface area contributed by atoms with E-state index in [-0.39, 0.29) is 64.8 Å². The van der Waals surface area contributed by atoms with Crippen molar-refractivity contribution >= 4 is 5.97 Å². The molecule has 4 aromatic rings. The van der Waals surface area contributed by atoms with Crippen molar-refractivity contribution in [3.05, 3.63) is 77.9 Å². The van der Waals surface area contributed by atoms with Crippen molar-refractivity contribution in [2.24, 2.45) is 0 Å². The first-order valence-corrected chi connectivity index (χ1v) is 26.5. The predicted octanol–water partition coefficient (Wildman–Crippen LogP) is 15.1. The van der Waals surface area contributed by atoms with Gasteiger partial charge in [0.1, 0.15) is 42.3 Å². The smallest absolute Gasteiger partial charge is 0.333 e. The molecule has 0 amide bonds. The summed E-state index contributed by atoms with van der Waals surface area (Å²) >= 11 is 0. The highest BCUT2D eigenvalue weighted by molar-refractivity contribution is 5.86. The minimum Gasteiger partial charge on any atom is -0.507 e. The molecule has 3 aromatic carbocycles. The number of aromatic hydroxyl groups is 3. The Morgan fingerprint density at radius 1 is 0.500 bits per heavy atom. The van der Waals surface area contributed by atoms with Gasteiger partial charge in [0.15, 0.2) is 17.5 Å². The average Bonchev–Trinajstić information content (AvgIpc) is 3.32. The minimum absolute atomic E-state index is 0.0399. The molecule has 0 bridgehead atoms. The van der Waals surface area contributed by atoms with Crippen LogP contribution in [0.2, 0.25) is 0 Å². The number of unbranched alkanes of at least 4 members (excludes halogenated alkanes) is 24. The van der Waals surface area contributed by atoms with E-state index in [4.69, 9.17) is 24.4 Å². The standard InChI is InChI=1S/C58H85N3O7/c1-5-7-9-11-13-15-17-19-21-23-25-27-29-31-45-33-36-49(52(63)39-45)55-59-56(50-37-34-46(40-53(50)64)32-30-28-26-24-22-20-18-16-14-12-10-8-6-2)61-57(60-55)51-38-35-48(41-54(51)65)67-42-47(62)43-68-58(66)44(3)4/h33-41,47,62-65H,3,5-32,42-43H2,1-2,4H3. The summed E-state index contributed by atoms with van der Waals surface area (Å²) in [4.78, 5) is 26.0. The van der Waals surface area contributed by atoms with E-state index in [2.05, 4.69) is 20.4 Å². The van der Waals surface area contributed by atoms with Crippen LogP contribution >= 0.6 is 0 Å². The first-order valence-electron chi connectivity index (χ1n) is 26.5. The molecule has 4 rings (SSSR count). The molecule has 10 heteroatoms. The van der Waals surface area contributed by atoms with Crippen LogP contribution in [0.1, 0.15) is 199 Å². The lowest BCUT2D eigenvalue weighted by Gasteiger charge is -2.14. The molecule has 0 spiro atoms. The molecular formula is C58H85N3O7. The number of carbonyl (C=O) groups is 1. The van der Waals surface area contributed by atoms with Gasteiger partial charge in [-0.2, -0.15) is 0 Å². The molecule has 4 N–H and O–H groups in total. The number of aryl methyl sites for hydroxylation is 2. The summed E-state index contributed by atoms with van der Waals surface area (Å²) in [5.74, 6) is 0.0620. The number of phenolic OH excluding ortho intramolecular Hbond substituents is 3. The Hall–Kier alpha value is -4.96. The van der Waals surface area contributed by atoms with Crippen molar-refractivity contribution in [3.63, 3.8) is 0 Å². The van der Waals surface area contributed by atoms with Crippen molar-refractivity contribution in [1.29, 1.82) is 0 Å². The van der Waals surface area contributed by atoms with Crippen LogP contribution < -0.4 is 4.74 Å². The lowest BCUT2D eigenvalue weighted by Crippen LogP contribution is -2.25. The van der Waals surface area contributed by atoms with Crippen molar-refractivity contribution in [2.45, 2.75) is 207 Å². The molecule has 0 aliphatic carbocycles. The largest absolute Gasteiger partial charge is 0.507 e. The zero-order valence-corrected chi connectivity index (χ0v) is 42.0. The third kappa shape index (κ3) is 21.1. The van der Waals surface area contributed by atoms with Crippen molar-refractivity contribution in [2.75, 3.05) is 13.2 Å². The third-order valence-corrected chi connectivity index (χ3v) is 12.8. The van der Waals surface area contributed by atoms with E-state index in [0.717, 1.165) is 49.7 Å². The Bertz CT molecular complexity index is 1970. The molecule has 10 nitrogen and oxygen atoms in total. The molecule has 0 aliphatic heterocycles. The Kier molecular flexibility index (Phi) is 26.8. The van der Waals surface area contributed by atoms with Gasteiger partial charge >= 0.3 is 5.97 Å². The molecular weight excluding hydrogens is 851 g/mol. The molecule has 68 heavy (non-hydrogen) atoms. The summed E-state index contributed by atoms with van der Waals surface area (Å²) < 4.78 is 10.7. The highest BCUT2D eigenvalue weighted by Gasteiger charge is 2.20. The number of hydrogen-bond acceptors (Lipinski definition) is 10. The molecule has 0 aliphatic rings. The van der Waals surface area contributed by atoms with E-state index >= 15 is 0 Å². The SMILES string of the molecule is C=C(C)C(=O)OCC(O)COc1ccc(-c2nc(-c3ccc(CCCCCCCCCCCCCCC)cc3O)nc(-c3ccc(CCCCCCCCCCCCCCC)cc3O)n2)c(O)c1. The van der Waals surface area contributed by atoms with E-state index in [1.165, 1.54) is 154 Å². The maximum absolute atomic E-state index is 11.7. The third-order valence-electron chi connectivity index (χ3n) is 12.8. The molecule has 1 aromatic heterocycles. The van der Waals surface area contributed by atoms with Crippen molar-refractivity contribution in [1.82, 2.24) is 15.0 Å². The van der Waals surface area contributed by atoms with Gasteiger partial charge < -0.3 is 29.9 Å². The molecule has 0 saturated heterocycles. The van der Waals surface area contributed by atoms with Gasteiger partial charge in [-0.3, -0.25) is 0 Å². The van der Waals surface area contributed by atoms with Crippen LogP contribution in [0.15, 0.2) is 66.7 Å². The van der Waals surface area contributed by atoms with Crippen LogP contribution in [0.25, 0.3) is 34.2 Å². The molecule has 374 valence electrons. The lowest BCUT2D eigenvalue weighted by atomic mass is 10.0. The number of phenols is 3. The summed E-state index contributed by atoms with van der Waals surface area (Å²) in [5, 5.41) is 44.4. The number of benzene rings is 3. The first kappa shape index (κ1) is 55.6. The van der Waals surface area contributed by atoms with Crippen LogP contribution in [0.5, 0.6) is 23.0 Å². The van der Waals surface area contributed by atoms with Gasteiger partial charge in [0, 0.05) is 11.6 Å². The Morgan fingerprint density at radius 2 is 0.838 bits per heavy atom.